The molecule has 2 aromatic heterocycles. The lowest BCUT2D eigenvalue weighted by atomic mass is 10.1. The van der Waals surface area contributed by atoms with Gasteiger partial charge >= 0.3 is 0 Å². The summed E-state index contributed by atoms with van der Waals surface area (Å²) in [4.78, 5) is 30.6. The molecule has 0 unspecified atom stereocenters. The minimum absolute atomic E-state index is 0.133. The predicted molar refractivity (Wildman–Crippen MR) is 125 cm³/mol. The van der Waals surface area contributed by atoms with Gasteiger partial charge in [0.05, 0.1) is 24.5 Å². The van der Waals surface area contributed by atoms with E-state index in [0.29, 0.717) is 18.9 Å². The quantitative estimate of drug-likeness (QED) is 0.578. The van der Waals surface area contributed by atoms with E-state index in [0.717, 1.165) is 36.5 Å². The molecule has 1 atom stereocenters. The molecule has 1 amide bonds. The van der Waals surface area contributed by atoms with Crippen molar-refractivity contribution in [3.63, 3.8) is 0 Å². The van der Waals surface area contributed by atoms with Crippen LogP contribution in [0.4, 0.5) is 11.6 Å². The first kappa shape index (κ1) is 21.9. The van der Waals surface area contributed by atoms with E-state index in [1.54, 1.807) is 18.6 Å². The third-order valence-electron chi connectivity index (χ3n) is 5.77. The Hall–Kier alpha value is -3.32. The van der Waals surface area contributed by atoms with Gasteiger partial charge < -0.3 is 10.2 Å². The maximum Gasteiger partial charge on any atom is 0.237 e. The lowest BCUT2D eigenvalue weighted by Crippen LogP contribution is -2.43. The third kappa shape index (κ3) is 5.48. The predicted octanol–water partition coefficient (Wildman–Crippen LogP) is 4.19. The van der Waals surface area contributed by atoms with Crippen LogP contribution in [-0.2, 0) is 11.3 Å². The van der Waals surface area contributed by atoms with Gasteiger partial charge in [0.1, 0.15) is 11.6 Å². The summed E-state index contributed by atoms with van der Waals surface area (Å²) in [6, 6.07) is 16.4. The first-order chi connectivity index (χ1) is 15.6. The first-order valence-corrected chi connectivity index (χ1v) is 11.2. The van der Waals surface area contributed by atoms with E-state index in [2.05, 4.69) is 46.2 Å². The molecule has 0 spiro atoms. The van der Waals surface area contributed by atoms with Crippen molar-refractivity contribution in [2.75, 3.05) is 18.4 Å². The number of nitrogens with one attached hydrogen (secondary N) is 1. The van der Waals surface area contributed by atoms with Crippen molar-refractivity contribution in [1.29, 1.82) is 0 Å². The van der Waals surface area contributed by atoms with Crippen LogP contribution in [-0.4, -0.2) is 49.8 Å². The summed E-state index contributed by atoms with van der Waals surface area (Å²) >= 11 is 0. The van der Waals surface area contributed by atoms with E-state index < -0.39 is 0 Å². The fraction of sp³-hybridized carbons (Fsp3) is 0.360. The van der Waals surface area contributed by atoms with Gasteiger partial charge in [0.15, 0.2) is 0 Å². The summed E-state index contributed by atoms with van der Waals surface area (Å²) in [6.07, 6.45) is 7.01. The van der Waals surface area contributed by atoms with Crippen molar-refractivity contribution >= 4 is 17.5 Å². The second-order valence-electron chi connectivity index (χ2n) is 8.39. The van der Waals surface area contributed by atoms with Gasteiger partial charge in [-0.25, -0.2) is 9.97 Å². The minimum atomic E-state index is 0.133. The Balaban J connectivity index is 1.45. The summed E-state index contributed by atoms with van der Waals surface area (Å²) in [6.45, 7) is 6.08. The Morgan fingerprint density at radius 1 is 1.12 bits per heavy atom. The molecule has 1 fully saturated rings. The fourth-order valence-corrected chi connectivity index (χ4v) is 4.16. The van der Waals surface area contributed by atoms with Crippen LogP contribution in [0.2, 0.25) is 0 Å². The van der Waals surface area contributed by atoms with Crippen LogP contribution in [0.3, 0.4) is 0 Å². The average Bonchev–Trinajstić information content (AvgIpc) is 3.27. The average molecular weight is 431 g/mol. The summed E-state index contributed by atoms with van der Waals surface area (Å²) in [5, 5.41) is 3.21. The molecular formula is C25H30N6O. The van der Waals surface area contributed by atoms with Gasteiger partial charge in [0, 0.05) is 25.0 Å². The summed E-state index contributed by atoms with van der Waals surface area (Å²) < 4.78 is 0. The Morgan fingerprint density at radius 2 is 1.97 bits per heavy atom. The molecule has 1 aromatic carbocycles. The third-order valence-corrected chi connectivity index (χ3v) is 5.77. The molecule has 1 N–H and O–H groups in total. The molecule has 1 saturated heterocycles. The number of carbonyl (C=O) groups excluding carboxylic acids is 1. The molecule has 3 heterocycles. The number of likely N-dealkylation sites (tertiary alicyclic amines) is 1. The Labute approximate surface area is 189 Å². The zero-order valence-electron chi connectivity index (χ0n) is 18.7. The monoisotopic (exact) mass is 430 g/mol. The number of rotatable bonds is 8. The normalized spacial score (nSPS) is 16.3. The van der Waals surface area contributed by atoms with E-state index in [1.807, 2.05) is 41.3 Å². The number of amides is 1. The number of carbonyl (C=O) groups is 1. The van der Waals surface area contributed by atoms with Crippen LogP contribution in [0.1, 0.15) is 44.0 Å². The Morgan fingerprint density at radius 3 is 2.72 bits per heavy atom. The highest BCUT2D eigenvalue weighted by atomic mass is 16.2. The first-order valence-electron chi connectivity index (χ1n) is 11.2. The highest BCUT2D eigenvalue weighted by molar-refractivity contribution is 5.78. The Kier molecular flexibility index (Phi) is 7.07. The number of hydrogen-bond donors (Lipinski definition) is 1. The lowest BCUT2D eigenvalue weighted by Gasteiger charge is -2.31. The molecule has 1 aliphatic rings. The molecule has 0 bridgehead atoms. The summed E-state index contributed by atoms with van der Waals surface area (Å²) in [5.74, 6) is 1.54. The number of aromatic nitrogens is 3. The highest BCUT2D eigenvalue weighted by Gasteiger charge is 2.30. The number of benzene rings is 1. The number of nitrogens with zero attached hydrogens (tertiary/aromatic N) is 5. The van der Waals surface area contributed by atoms with Crippen molar-refractivity contribution in [2.45, 2.75) is 45.3 Å². The van der Waals surface area contributed by atoms with Gasteiger partial charge in [-0.3, -0.25) is 14.7 Å². The molecule has 0 aliphatic carbocycles. The van der Waals surface area contributed by atoms with Crippen molar-refractivity contribution in [3.8, 4) is 0 Å². The SMILES string of the molecule is CC(C)N(Cc1ccccc1)C(=O)CN1CCC[C@@H]1c1cccc(Nc2cnccn2)n1. The molecule has 4 rings (SSSR count). The molecule has 7 heteroatoms. The highest BCUT2D eigenvalue weighted by Crippen LogP contribution is 2.31. The van der Waals surface area contributed by atoms with Crippen molar-refractivity contribution in [1.82, 2.24) is 24.8 Å². The number of anilines is 2. The lowest BCUT2D eigenvalue weighted by molar-refractivity contribution is -0.135. The van der Waals surface area contributed by atoms with Crippen LogP contribution in [0.15, 0.2) is 67.1 Å². The van der Waals surface area contributed by atoms with Crippen molar-refractivity contribution in [2.24, 2.45) is 0 Å². The van der Waals surface area contributed by atoms with Gasteiger partial charge in [-0.05, 0) is 50.9 Å². The molecule has 0 saturated carbocycles. The van der Waals surface area contributed by atoms with E-state index in [9.17, 15) is 4.79 Å². The van der Waals surface area contributed by atoms with Crippen LogP contribution in [0.25, 0.3) is 0 Å². The largest absolute Gasteiger partial charge is 0.335 e. The smallest absolute Gasteiger partial charge is 0.237 e. The summed E-state index contributed by atoms with van der Waals surface area (Å²) in [7, 11) is 0. The van der Waals surface area contributed by atoms with Crippen molar-refractivity contribution in [3.05, 3.63) is 78.4 Å². The van der Waals surface area contributed by atoms with Gasteiger partial charge in [-0.2, -0.15) is 0 Å². The molecule has 3 aromatic rings. The zero-order valence-corrected chi connectivity index (χ0v) is 18.7. The van der Waals surface area contributed by atoms with E-state index in [1.165, 1.54) is 0 Å². The Bertz CT molecular complexity index is 1010. The number of pyridine rings is 1. The van der Waals surface area contributed by atoms with Crippen LogP contribution in [0.5, 0.6) is 0 Å². The van der Waals surface area contributed by atoms with Gasteiger partial charge in [0.25, 0.3) is 0 Å². The van der Waals surface area contributed by atoms with Gasteiger partial charge in [0.2, 0.25) is 5.91 Å². The molecule has 7 nitrogen and oxygen atoms in total. The molecule has 1 aliphatic heterocycles. The second-order valence-corrected chi connectivity index (χ2v) is 8.39. The maximum atomic E-state index is 13.3. The van der Waals surface area contributed by atoms with Crippen molar-refractivity contribution < 1.29 is 4.79 Å². The van der Waals surface area contributed by atoms with E-state index in [4.69, 9.17) is 4.98 Å². The van der Waals surface area contributed by atoms with Crippen LogP contribution < -0.4 is 5.32 Å². The van der Waals surface area contributed by atoms with Crippen LogP contribution in [0, 0.1) is 0 Å². The molecule has 166 valence electrons. The standard InChI is InChI=1S/C25H30N6O/c1-19(2)31(17-20-8-4-3-5-9-20)25(32)18-30-15-7-11-22(30)21-10-6-12-23(28-21)29-24-16-26-13-14-27-24/h3-6,8-10,12-14,16,19,22H,7,11,15,17-18H2,1-2H3,(H,27,28,29)/t22-/m1/s1. The van der Waals surface area contributed by atoms with Gasteiger partial charge in [-0.1, -0.05) is 36.4 Å². The fourth-order valence-electron chi connectivity index (χ4n) is 4.16. The van der Waals surface area contributed by atoms with E-state index in [-0.39, 0.29) is 18.0 Å². The topological polar surface area (TPSA) is 74.2 Å². The number of hydrogen-bond acceptors (Lipinski definition) is 6. The second kappa shape index (κ2) is 10.3. The minimum Gasteiger partial charge on any atom is -0.335 e. The van der Waals surface area contributed by atoms with Gasteiger partial charge in [-0.15, -0.1) is 0 Å². The molecular weight excluding hydrogens is 400 g/mol. The zero-order chi connectivity index (χ0) is 22.3. The van der Waals surface area contributed by atoms with E-state index >= 15 is 0 Å². The molecule has 32 heavy (non-hydrogen) atoms. The van der Waals surface area contributed by atoms with Crippen LogP contribution >= 0.6 is 0 Å². The summed E-state index contributed by atoms with van der Waals surface area (Å²) in [5.41, 5.74) is 2.13. The molecule has 0 radical (unpaired) electrons. The maximum absolute atomic E-state index is 13.3.